The first-order chi connectivity index (χ1) is 12.1. The van der Waals surface area contributed by atoms with E-state index in [4.69, 9.17) is 0 Å². The van der Waals surface area contributed by atoms with Gasteiger partial charge in [0.2, 0.25) is 0 Å². The summed E-state index contributed by atoms with van der Waals surface area (Å²) in [5, 5.41) is 23.4. The summed E-state index contributed by atoms with van der Waals surface area (Å²) in [5.74, 6) is 0.224. The van der Waals surface area contributed by atoms with Gasteiger partial charge in [-0.1, -0.05) is 42.5 Å². The summed E-state index contributed by atoms with van der Waals surface area (Å²) in [7, 11) is 0. The Hall–Kier alpha value is -1.88. The summed E-state index contributed by atoms with van der Waals surface area (Å²) in [4.78, 5) is 2.49. The first-order valence-electron chi connectivity index (χ1n) is 9.11. The summed E-state index contributed by atoms with van der Waals surface area (Å²) in [6, 6.07) is 17.8. The molecule has 0 aliphatic carbocycles. The van der Waals surface area contributed by atoms with E-state index in [1.165, 1.54) is 5.56 Å². The van der Waals surface area contributed by atoms with Gasteiger partial charge in [-0.15, -0.1) is 0 Å². The molecule has 4 nitrogen and oxygen atoms in total. The fourth-order valence-electron chi connectivity index (χ4n) is 3.52. The molecular weight excluding hydrogens is 312 g/mol. The van der Waals surface area contributed by atoms with Gasteiger partial charge in [0.15, 0.2) is 0 Å². The number of aromatic hydroxyl groups is 1. The average Bonchev–Trinajstić information content (AvgIpc) is 2.64. The number of nitrogens with zero attached hydrogens (tertiary/aromatic N) is 1. The Labute approximate surface area is 150 Å². The van der Waals surface area contributed by atoms with Gasteiger partial charge in [0.1, 0.15) is 5.75 Å². The molecule has 0 spiro atoms. The zero-order valence-electron chi connectivity index (χ0n) is 14.8. The van der Waals surface area contributed by atoms with Crippen LogP contribution >= 0.6 is 0 Å². The third kappa shape index (κ3) is 5.05. The lowest BCUT2D eigenvalue weighted by Gasteiger charge is -2.35. The molecule has 3 rings (SSSR count). The summed E-state index contributed by atoms with van der Waals surface area (Å²) < 4.78 is 0. The number of aliphatic hydroxyl groups is 1. The fourth-order valence-corrected chi connectivity index (χ4v) is 3.52. The predicted molar refractivity (Wildman–Crippen MR) is 100 cm³/mol. The standard InChI is InChI=1S/C21H28N2O2/c1-16(21(25)18-7-9-20(24)10-8-18)22-19-11-13-23(14-12-19)15-17-5-3-2-4-6-17/h2-10,16,19,21-22,24-25H,11-15H2,1H3/t16-,21-/m1/s1. The second-order valence-corrected chi connectivity index (χ2v) is 7.03. The van der Waals surface area contributed by atoms with Crippen molar-refractivity contribution in [2.75, 3.05) is 13.1 Å². The van der Waals surface area contributed by atoms with Gasteiger partial charge in [-0.2, -0.15) is 0 Å². The lowest BCUT2D eigenvalue weighted by atomic mass is 9.99. The zero-order chi connectivity index (χ0) is 17.6. The summed E-state index contributed by atoms with van der Waals surface area (Å²) in [6.07, 6.45) is 1.63. The van der Waals surface area contributed by atoms with Crippen LogP contribution in [-0.4, -0.2) is 40.3 Å². The van der Waals surface area contributed by atoms with Crippen LogP contribution in [0.2, 0.25) is 0 Å². The Morgan fingerprint density at radius 1 is 1.04 bits per heavy atom. The molecule has 134 valence electrons. The van der Waals surface area contributed by atoms with E-state index in [1.54, 1.807) is 24.3 Å². The van der Waals surface area contributed by atoms with Crippen molar-refractivity contribution in [2.24, 2.45) is 0 Å². The van der Waals surface area contributed by atoms with E-state index in [-0.39, 0.29) is 11.8 Å². The molecule has 1 saturated heterocycles. The molecule has 1 fully saturated rings. The van der Waals surface area contributed by atoms with Crippen molar-refractivity contribution in [3.63, 3.8) is 0 Å². The molecule has 3 N–H and O–H groups in total. The van der Waals surface area contributed by atoms with E-state index < -0.39 is 6.10 Å². The van der Waals surface area contributed by atoms with Gasteiger partial charge < -0.3 is 15.5 Å². The number of piperidine rings is 1. The zero-order valence-corrected chi connectivity index (χ0v) is 14.8. The molecule has 4 heteroatoms. The summed E-state index contributed by atoms with van der Waals surface area (Å²) >= 11 is 0. The number of benzene rings is 2. The molecule has 2 atom stereocenters. The van der Waals surface area contributed by atoms with Gasteiger partial charge in [-0.3, -0.25) is 4.90 Å². The number of nitrogens with one attached hydrogen (secondary N) is 1. The Morgan fingerprint density at radius 3 is 2.32 bits per heavy atom. The molecule has 25 heavy (non-hydrogen) atoms. The fraction of sp³-hybridized carbons (Fsp3) is 0.429. The van der Waals surface area contributed by atoms with Crippen LogP contribution in [0.4, 0.5) is 0 Å². The Bertz CT molecular complexity index is 637. The van der Waals surface area contributed by atoms with Crippen LogP contribution in [0.3, 0.4) is 0 Å². The number of rotatable bonds is 6. The van der Waals surface area contributed by atoms with E-state index in [0.717, 1.165) is 38.0 Å². The molecule has 0 amide bonds. The molecule has 2 aromatic carbocycles. The van der Waals surface area contributed by atoms with Crippen LogP contribution in [-0.2, 0) is 6.54 Å². The van der Waals surface area contributed by atoms with E-state index >= 15 is 0 Å². The molecular formula is C21H28N2O2. The van der Waals surface area contributed by atoms with Crippen molar-refractivity contribution >= 4 is 0 Å². The molecule has 0 bridgehead atoms. The average molecular weight is 340 g/mol. The van der Waals surface area contributed by atoms with E-state index in [1.807, 2.05) is 6.92 Å². The quantitative estimate of drug-likeness (QED) is 0.756. The summed E-state index contributed by atoms with van der Waals surface area (Å²) in [5.41, 5.74) is 2.20. The van der Waals surface area contributed by atoms with E-state index in [9.17, 15) is 10.2 Å². The first-order valence-corrected chi connectivity index (χ1v) is 9.11. The van der Waals surface area contributed by atoms with Crippen molar-refractivity contribution in [2.45, 2.75) is 44.5 Å². The predicted octanol–water partition coefficient (Wildman–Crippen LogP) is 3.07. The molecule has 2 aromatic rings. The highest BCUT2D eigenvalue weighted by molar-refractivity contribution is 5.27. The van der Waals surface area contributed by atoms with Crippen molar-refractivity contribution < 1.29 is 10.2 Å². The second-order valence-electron chi connectivity index (χ2n) is 7.03. The largest absolute Gasteiger partial charge is 0.508 e. The first kappa shape index (κ1) is 17.9. The van der Waals surface area contributed by atoms with Crippen molar-refractivity contribution in [3.8, 4) is 5.75 Å². The number of phenols is 1. The van der Waals surface area contributed by atoms with Crippen LogP contribution < -0.4 is 5.32 Å². The van der Waals surface area contributed by atoms with Crippen LogP contribution in [0.25, 0.3) is 0 Å². The smallest absolute Gasteiger partial charge is 0.115 e. The minimum Gasteiger partial charge on any atom is -0.508 e. The third-order valence-corrected chi connectivity index (χ3v) is 5.04. The molecule has 0 saturated carbocycles. The Kier molecular flexibility index (Phi) is 6.08. The van der Waals surface area contributed by atoms with Gasteiger partial charge in [-0.25, -0.2) is 0 Å². The topological polar surface area (TPSA) is 55.7 Å². The van der Waals surface area contributed by atoms with E-state index in [2.05, 4.69) is 40.5 Å². The van der Waals surface area contributed by atoms with Crippen LogP contribution in [0.1, 0.15) is 37.0 Å². The molecule has 0 unspecified atom stereocenters. The molecule has 0 aromatic heterocycles. The van der Waals surface area contributed by atoms with Crippen LogP contribution in [0, 0.1) is 0 Å². The van der Waals surface area contributed by atoms with Gasteiger partial charge in [0.25, 0.3) is 0 Å². The minimum absolute atomic E-state index is 0.0183. The normalized spacial score (nSPS) is 18.8. The van der Waals surface area contributed by atoms with Gasteiger partial charge in [-0.05, 0) is 56.1 Å². The second kappa shape index (κ2) is 8.48. The number of likely N-dealkylation sites (tertiary alicyclic amines) is 1. The van der Waals surface area contributed by atoms with Gasteiger partial charge >= 0.3 is 0 Å². The number of hydrogen-bond donors (Lipinski definition) is 3. The number of hydrogen-bond acceptors (Lipinski definition) is 4. The number of aliphatic hydroxyl groups excluding tert-OH is 1. The van der Waals surface area contributed by atoms with Crippen LogP contribution in [0.15, 0.2) is 54.6 Å². The molecule has 1 aliphatic heterocycles. The SMILES string of the molecule is C[C@@H](NC1CCN(Cc2ccccc2)CC1)[C@@H](O)c1ccc(O)cc1. The Morgan fingerprint density at radius 2 is 1.68 bits per heavy atom. The molecule has 0 radical (unpaired) electrons. The molecule has 1 aliphatic rings. The minimum atomic E-state index is -0.567. The van der Waals surface area contributed by atoms with Crippen LogP contribution in [0.5, 0.6) is 5.75 Å². The van der Waals surface area contributed by atoms with Gasteiger partial charge in [0, 0.05) is 18.6 Å². The highest BCUT2D eigenvalue weighted by atomic mass is 16.3. The maximum absolute atomic E-state index is 10.5. The number of phenolic OH excluding ortho intramolecular Hbond substituents is 1. The lowest BCUT2D eigenvalue weighted by molar-refractivity contribution is 0.114. The van der Waals surface area contributed by atoms with Crippen molar-refractivity contribution in [1.82, 2.24) is 10.2 Å². The monoisotopic (exact) mass is 340 g/mol. The summed E-state index contributed by atoms with van der Waals surface area (Å²) in [6.45, 7) is 5.19. The highest BCUT2D eigenvalue weighted by Gasteiger charge is 2.23. The molecule has 1 heterocycles. The van der Waals surface area contributed by atoms with Crippen molar-refractivity contribution in [3.05, 3.63) is 65.7 Å². The lowest BCUT2D eigenvalue weighted by Crippen LogP contribution is -2.46. The van der Waals surface area contributed by atoms with Crippen molar-refractivity contribution in [1.29, 1.82) is 0 Å². The highest BCUT2D eigenvalue weighted by Crippen LogP contribution is 2.21. The maximum atomic E-state index is 10.5. The van der Waals surface area contributed by atoms with E-state index in [0.29, 0.717) is 6.04 Å². The Balaban J connectivity index is 1.46. The van der Waals surface area contributed by atoms with Gasteiger partial charge in [0.05, 0.1) is 6.10 Å². The third-order valence-electron chi connectivity index (χ3n) is 5.04. The maximum Gasteiger partial charge on any atom is 0.115 e.